The normalized spacial score (nSPS) is 29.6. The number of hydrogen-bond acceptors (Lipinski definition) is 4. The molecule has 0 aliphatic carbocycles. The third kappa shape index (κ3) is 1.87. The Morgan fingerprint density at radius 3 is 2.50 bits per heavy atom. The molecule has 0 aromatic carbocycles. The van der Waals surface area contributed by atoms with Gasteiger partial charge in [0.05, 0.1) is 13.2 Å². The van der Waals surface area contributed by atoms with E-state index in [2.05, 4.69) is 0 Å². The van der Waals surface area contributed by atoms with Crippen molar-refractivity contribution in [2.75, 3.05) is 7.11 Å². The molecule has 0 saturated carbocycles. The number of methoxy groups -OCH3 is 1. The Bertz CT molecular complexity index is 410. The Kier molecular flexibility index (Phi) is 2.87. The zero-order valence-electron chi connectivity index (χ0n) is 11.2. The van der Waals surface area contributed by atoms with Crippen molar-refractivity contribution >= 4 is 12.1 Å². The van der Waals surface area contributed by atoms with Crippen molar-refractivity contribution in [2.24, 2.45) is 0 Å². The fourth-order valence-electron chi connectivity index (χ4n) is 2.58. The summed E-state index contributed by atoms with van der Waals surface area (Å²) in [5.41, 5.74) is -1.53. The first kappa shape index (κ1) is 12.9. The SMILES string of the molecule is COC(=O)[C@@]12C=C[C@@H](CC1)N2C(=O)OC(C)(C)C. The lowest BCUT2D eigenvalue weighted by Crippen LogP contribution is -2.52. The van der Waals surface area contributed by atoms with Gasteiger partial charge in [-0.3, -0.25) is 4.90 Å². The van der Waals surface area contributed by atoms with Crippen molar-refractivity contribution in [2.45, 2.75) is 50.8 Å². The monoisotopic (exact) mass is 253 g/mol. The van der Waals surface area contributed by atoms with Gasteiger partial charge < -0.3 is 9.47 Å². The molecule has 0 radical (unpaired) electrons. The molecule has 0 aromatic heterocycles. The minimum atomic E-state index is -0.957. The van der Waals surface area contributed by atoms with Crippen LogP contribution in [0.1, 0.15) is 33.6 Å². The van der Waals surface area contributed by atoms with Crippen LogP contribution in [0, 0.1) is 0 Å². The lowest BCUT2D eigenvalue weighted by Gasteiger charge is -2.33. The van der Waals surface area contributed by atoms with Crippen molar-refractivity contribution in [3.05, 3.63) is 12.2 Å². The fraction of sp³-hybridized carbons (Fsp3) is 0.692. The average Bonchev–Trinajstić information content (AvgIpc) is 2.81. The van der Waals surface area contributed by atoms with E-state index in [1.165, 1.54) is 12.0 Å². The Morgan fingerprint density at radius 1 is 1.39 bits per heavy atom. The van der Waals surface area contributed by atoms with Gasteiger partial charge in [0.15, 0.2) is 5.54 Å². The number of fused-ring (bicyclic) bond motifs is 2. The third-order valence-corrected chi connectivity index (χ3v) is 3.31. The van der Waals surface area contributed by atoms with E-state index in [0.717, 1.165) is 6.42 Å². The predicted molar refractivity (Wildman–Crippen MR) is 65.0 cm³/mol. The Hall–Kier alpha value is -1.52. The van der Waals surface area contributed by atoms with Crippen LogP contribution in [0.3, 0.4) is 0 Å². The maximum Gasteiger partial charge on any atom is 0.412 e. The van der Waals surface area contributed by atoms with Crippen LogP contribution in [0.4, 0.5) is 4.79 Å². The van der Waals surface area contributed by atoms with Crippen LogP contribution in [-0.4, -0.2) is 41.3 Å². The Labute approximate surface area is 107 Å². The second kappa shape index (κ2) is 4.00. The predicted octanol–water partition coefficient (Wildman–Crippen LogP) is 1.87. The molecule has 5 nitrogen and oxygen atoms in total. The molecule has 1 saturated heterocycles. The van der Waals surface area contributed by atoms with Crippen LogP contribution in [-0.2, 0) is 14.3 Å². The molecule has 2 heterocycles. The van der Waals surface area contributed by atoms with Crippen molar-refractivity contribution < 1.29 is 19.1 Å². The summed E-state index contributed by atoms with van der Waals surface area (Å²) in [4.78, 5) is 25.7. The summed E-state index contributed by atoms with van der Waals surface area (Å²) in [5.74, 6) is -0.399. The number of amides is 1. The van der Waals surface area contributed by atoms with Gasteiger partial charge in [-0.05, 0) is 39.7 Å². The summed E-state index contributed by atoms with van der Waals surface area (Å²) in [6.45, 7) is 5.42. The molecule has 0 unspecified atom stereocenters. The lowest BCUT2D eigenvalue weighted by molar-refractivity contribution is -0.150. The molecule has 1 amide bonds. The standard InChI is InChI=1S/C13H19NO4/c1-12(2,3)18-11(16)14-9-5-7-13(14,8-6-9)10(15)17-4/h5,7,9H,6,8H2,1-4H3/t9-,13+/m0/s1. The highest BCUT2D eigenvalue weighted by Crippen LogP contribution is 2.43. The van der Waals surface area contributed by atoms with Gasteiger partial charge in [0.25, 0.3) is 0 Å². The smallest absolute Gasteiger partial charge is 0.412 e. The molecule has 0 spiro atoms. The molecular formula is C13H19NO4. The van der Waals surface area contributed by atoms with E-state index >= 15 is 0 Å². The first-order valence-corrected chi connectivity index (χ1v) is 6.10. The molecule has 1 fully saturated rings. The minimum absolute atomic E-state index is 0.0565. The van der Waals surface area contributed by atoms with Gasteiger partial charge in [-0.2, -0.15) is 0 Å². The average molecular weight is 253 g/mol. The van der Waals surface area contributed by atoms with Crippen molar-refractivity contribution in [1.82, 2.24) is 4.90 Å². The number of ether oxygens (including phenoxy) is 2. The van der Waals surface area contributed by atoms with Crippen LogP contribution in [0.15, 0.2) is 12.2 Å². The van der Waals surface area contributed by atoms with Gasteiger partial charge in [-0.25, -0.2) is 9.59 Å². The first-order valence-electron chi connectivity index (χ1n) is 6.10. The third-order valence-electron chi connectivity index (χ3n) is 3.31. The molecule has 2 atom stereocenters. The van der Waals surface area contributed by atoms with Gasteiger partial charge in [-0.15, -0.1) is 0 Å². The number of carbonyl (C=O) groups excluding carboxylic acids is 2. The second-order valence-corrected chi connectivity index (χ2v) is 5.73. The molecule has 0 N–H and O–H groups in total. The number of nitrogens with zero attached hydrogens (tertiary/aromatic N) is 1. The molecule has 5 heteroatoms. The Balaban J connectivity index is 2.24. The van der Waals surface area contributed by atoms with E-state index in [9.17, 15) is 9.59 Å². The van der Waals surface area contributed by atoms with Crippen LogP contribution in [0.5, 0.6) is 0 Å². The molecule has 0 aromatic rings. The molecule has 2 rings (SSSR count). The number of hydrogen-bond donors (Lipinski definition) is 0. The zero-order chi connectivity index (χ0) is 13.6. The molecule has 2 aliphatic rings. The molecule has 100 valence electrons. The van der Waals surface area contributed by atoms with E-state index < -0.39 is 23.2 Å². The van der Waals surface area contributed by atoms with Crippen molar-refractivity contribution in [3.63, 3.8) is 0 Å². The van der Waals surface area contributed by atoms with Crippen LogP contribution in [0.2, 0.25) is 0 Å². The summed E-state index contributed by atoms with van der Waals surface area (Å²) in [6.07, 6.45) is 4.55. The molecule has 2 bridgehead atoms. The highest BCUT2D eigenvalue weighted by atomic mass is 16.6. The first-order chi connectivity index (χ1) is 8.30. The maximum absolute atomic E-state index is 12.2. The summed E-state index contributed by atoms with van der Waals surface area (Å²) in [5, 5.41) is 0. The highest BCUT2D eigenvalue weighted by Gasteiger charge is 2.57. The summed E-state index contributed by atoms with van der Waals surface area (Å²) >= 11 is 0. The van der Waals surface area contributed by atoms with Crippen LogP contribution < -0.4 is 0 Å². The molecule has 2 aliphatic heterocycles. The van der Waals surface area contributed by atoms with Gasteiger partial charge >= 0.3 is 12.1 Å². The van der Waals surface area contributed by atoms with Gasteiger partial charge in [-0.1, -0.05) is 6.08 Å². The van der Waals surface area contributed by atoms with E-state index in [1.807, 2.05) is 6.08 Å². The highest BCUT2D eigenvalue weighted by molar-refractivity contribution is 5.90. The Morgan fingerprint density at radius 2 is 2.06 bits per heavy atom. The lowest BCUT2D eigenvalue weighted by atomic mass is 9.94. The largest absolute Gasteiger partial charge is 0.467 e. The fourth-order valence-corrected chi connectivity index (χ4v) is 2.58. The topological polar surface area (TPSA) is 55.8 Å². The van der Waals surface area contributed by atoms with E-state index in [-0.39, 0.29) is 6.04 Å². The van der Waals surface area contributed by atoms with E-state index in [4.69, 9.17) is 9.47 Å². The maximum atomic E-state index is 12.2. The number of esters is 1. The summed E-state index contributed by atoms with van der Waals surface area (Å²) < 4.78 is 10.2. The van der Waals surface area contributed by atoms with Crippen molar-refractivity contribution in [1.29, 1.82) is 0 Å². The minimum Gasteiger partial charge on any atom is -0.467 e. The molecular weight excluding hydrogens is 234 g/mol. The second-order valence-electron chi connectivity index (χ2n) is 5.73. The van der Waals surface area contributed by atoms with Crippen LogP contribution in [0.25, 0.3) is 0 Å². The summed E-state index contributed by atoms with van der Waals surface area (Å²) in [7, 11) is 1.34. The van der Waals surface area contributed by atoms with Gasteiger partial charge in [0, 0.05) is 0 Å². The quantitative estimate of drug-likeness (QED) is 0.529. The zero-order valence-corrected chi connectivity index (χ0v) is 11.2. The number of carbonyl (C=O) groups is 2. The molecule has 18 heavy (non-hydrogen) atoms. The van der Waals surface area contributed by atoms with Gasteiger partial charge in [0.1, 0.15) is 5.60 Å². The van der Waals surface area contributed by atoms with E-state index in [0.29, 0.717) is 6.42 Å². The van der Waals surface area contributed by atoms with E-state index in [1.54, 1.807) is 26.8 Å². The van der Waals surface area contributed by atoms with Crippen molar-refractivity contribution in [3.8, 4) is 0 Å². The van der Waals surface area contributed by atoms with Crippen LogP contribution >= 0.6 is 0 Å². The number of rotatable bonds is 1. The van der Waals surface area contributed by atoms with Gasteiger partial charge in [0.2, 0.25) is 0 Å². The summed E-state index contributed by atoms with van der Waals surface area (Å²) in [6, 6.07) is -0.0565.